The number of carbonyl (C=O) groups is 2. The molecule has 0 N–H and O–H groups in total. The van der Waals surface area contributed by atoms with Crippen molar-refractivity contribution in [2.24, 2.45) is 5.92 Å². The molecule has 0 spiro atoms. The lowest BCUT2D eigenvalue weighted by atomic mass is 9.96. The summed E-state index contributed by atoms with van der Waals surface area (Å²) in [4.78, 5) is 22.9. The summed E-state index contributed by atoms with van der Waals surface area (Å²) in [7, 11) is 5.85. The second-order valence-electron chi connectivity index (χ2n) is 10.5. The van der Waals surface area contributed by atoms with Crippen LogP contribution < -0.4 is 5.11 Å². The maximum Gasteiger partial charge on any atom is 0.306 e. The van der Waals surface area contributed by atoms with Crippen molar-refractivity contribution in [1.29, 1.82) is 0 Å². The number of esters is 1. The second-order valence-corrected chi connectivity index (χ2v) is 10.5. The number of aliphatic carboxylic acids is 1. The van der Waals surface area contributed by atoms with E-state index in [-0.39, 0.29) is 12.4 Å². The molecule has 0 saturated heterocycles. The molecule has 0 bridgehead atoms. The van der Waals surface area contributed by atoms with E-state index in [0.717, 1.165) is 25.2 Å². The summed E-state index contributed by atoms with van der Waals surface area (Å²) >= 11 is 0. The second kappa shape index (κ2) is 18.5. The summed E-state index contributed by atoms with van der Waals surface area (Å²) in [5, 5.41) is 10.9. The van der Waals surface area contributed by atoms with Gasteiger partial charge in [-0.3, -0.25) is 4.79 Å². The van der Waals surface area contributed by atoms with Crippen LogP contribution in [0, 0.1) is 5.92 Å². The summed E-state index contributed by atoms with van der Waals surface area (Å²) in [5.74, 6) is -0.596. The Morgan fingerprint density at radius 3 is 1.77 bits per heavy atom. The van der Waals surface area contributed by atoms with E-state index in [2.05, 4.69) is 13.8 Å². The molecule has 0 aromatic rings. The van der Waals surface area contributed by atoms with Gasteiger partial charge in [-0.25, -0.2) is 0 Å². The monoisotopic (exact) mass is 441 g/mol. The van der Waals surface area contributed by atoms with E-state index in [9.17, 15) is 14.7 Å². The van der Waals surface area contributed by atoms with Crippen molar-refractivity contribution in [2.45, 2.75) is 123 Å². The van der Waals surface area contributed by atoms with Crippen molar-refractivity contribution >= 4 is 11.9 Å². The molecule has 0 rings (SSSR count). The number of ether oxygens (including phenoxy) is 1. The summed E-state index contributed by atoms with van der Waals surface area (Å²) in [6.07, 6.45) is 17.3. The zero-order chi connectivity index (χ0) is 23.5. The van der Waals surface area contributed by atoms with E-state index in [1.165, 1.54) is 70.6 Å². The molecule has 0 heterocycles. The first-order chi connectivity index (χ1) is 14.6. The molecule has 184 valence electrons. The van der Waals surface area contributed by atoms with Crippen LogP contribution >= 0.6 is 0 Å². The van der Waals surface area contributed by atoms with Crippen molar-refractivity contribution in [3.05, 3.63) is 0 Å². The molecular weight excluding hydrogens is 390 g/mol. The van der Waals surface area contributed by atoms with Crippen LogP contribution in [0.4, 0.5) is 0 Å². The molecule has 0 aliphatic carbocycles. The van der Waals surface area contributed by atoms with Crippen LogP contribution in [0.2, 0.25) is 0 Å². The number of rotatable bonds is 21. The van der Waals surface area contributed by atoms with E-state index in [4.69, 9.17) is 4.74 Å². The van der Waals surface area contributed by atoms with Crippen LogP contribution in [0.5, 0.6) is 0 Å². The molecular formula is C26H51NO4. The molecule has 0 aromatic heterocycles. The minimum atomic E-state index is -1.17. The van der Waals surface area contributed by atoms with E-state index in [0.29, 0.717) is 17.4 Å². The van der Waals surface area contributed by atoms with Gasteiger partial charge in [-0.2, -0.15) is 0 Å². The zero-order valence-corrected chi connectivity index (χ0v) is 21.3. The maximum atomic E-state index is 12.0. The lowest BCUT2D eigenvalue weighted by Crippen LogP contribution is -2.45. The third kappa shape index (κ3) is 21.9. The van der Waals surface area contributed by atoms with Gasteiger partial charge in [0.1, 0.15) is 6.54 Å². The van der Waals surface area contributed by atoms with Crippen LogP contribution in [-0.4, -0.2) is 50.2 Å². The largest absolute Gasteiger partial charge is 0.550 e. The highest BCUT2D eigenvalue weighted by molar-refractivity contribution is 5.70. The standard InChI is InChI=1S/C26H51NO4/c1-6-7-8-12-15-18-23(2)19-16-13-10-9-11-14-17-20-26(30)31-24(21-25(28)29)22-27(3,4)5/h23-24H,6-22H2,1-5H3. The van der Waals surface area contributed by atoms with Crippen LogP contribution in [-0.2, 0) is 14.3 Å². The molecule has 0 saturated carbocycles. The lowest BCUT2D eigenvalue weighted by molar-refractivity contribution is -0.873. The van der Waals surface area contributed by atoms with Gasteiger partial charge in [0.15, 0.2) is 6.10 Å². The molecule has 0 aromatic carbocycles. The Morgan fingerprint density at radius 2 is 1.29 bits per heavy atom. The first kappa shape index (κ1) is 29.9. The molecule has 0 fully saturated rings. The lowest BCUT2D eigenvalue weighted by Gasteiger charge is -2.29. The van der Waals surface area contributed by atoms with Crippen LogP contribution in [0.25, 0.3) is 0 Å². The molecule has 2 atom stereocenters. The highest BCUT2D eigenvalue weighted by Gasteiger charge is 2.22. The van der Waals surface area contributed by atoms with Crippen molar-refractivity contribution in [3.63, 3.8) is 0 Å². The van der Waals surface area contributed by atoms with Crippen molar-refractivity contribution < 1.29 is 23.9 Å². The molecule has 0 amide bonds. The predicted molar refractivity (Wildman–Crippen MR) is 126 cm³/mol. The summed E-state index contributed by atoms with van der Waals surface area (Å²) in [6, 6.07) is 0. The molecule has 0 aliphatic rings. The van der Waals surface area contributed by atoms with Gasteiger partial charge in [-0.15, -0.1) is 0 Å². The SMILES string of the molecule is CCCCCCCC(C)CCCCCCCCCC(=O)OC(CC(=O)[O-])C[N+](C)(C)C. The summed E-state index contributed by atoms with van der Waals surface area (Å²) in [5.41, 5.74) is 0. The van der Waals surface area contributed by atoms with Gasteiger partial charge in [0, 0.05) is 18.8 Å². The average molecular weight is 442 g/mol. The fourth-order valence-corrected chi connectivity index (χ4v) is 4.07. The Morgan fingerprint density at radius 1 is 0.806 bits per heavy atom. The van der Waals surface area contributed by atoms with Gasteiger partial charge in [-0.05, 0) is 12.3 Å². The summed E-state index contributed by atoms with van der Waals surface area (Å²) < 4.78 is 5.94. The van der Waals surface area contributed by atoms with Gasteiger partial charge >= 0.3 is 5.97 Å². The maximum absolute atomic E-state index is 12.0. The number of carbonyl (C=O) groups excluding carboxylic acids is 2. The Balaban J connectivity index is 3.66. The molecule has 5 heteroatoms. The number of carboxylic acid groups (broad SMARTS) is 1. The zero-order valence-electron chi connectivity index (χ0n) is 21.3. The smallest absolute Gasteiger partial charge is 0.306 e. The topological polar surface area (TPSA) is 66.4 Å². The van der Waals surface area contributed by atoms with Gasteiger partial charge in [0.05, 0.1) is 21.1 Å². The summed E-state index contributed by atoms with van der Waals surface area (Å²) in [6.45, 7) is 5.14. The minimum absolute atomic E-state index is 0.237. The third-order valence-corrected chi connectivity index (χ3v) is 5.82. The quantitative estimate of drug-likeness (QED) is 0.139. The number of quaternary nitrogens is 1. The van der Waals surface area contributed by atoms with Crippen LogP contribution in [0.15, 0.2) is 0 Å². The van der Waals surface area contributed by atoms with E-state index < -0.39 is 12.1 Å². The van der Waals surface area contributed by atoms with Gasteiger partial charge < -0.3 is 19.1 Å². The Kier molecular flexibility index (Phi) is 17.8. The first-order valence-corrected chi connectivity index (χ1v) is 12.8. The number of carboxylic acids is 1. The highest BCUT2D eigenvalue weighted by atomic mass is 16.5. The number of hydrogen-bond acceptors (Lipinski definition) is 4. The van der Waals surface area contributed by atoms with Crippen molar-refractivity contribution in [3.8, 4) is 0 Å². The molecule has 0 radical (unpaired) electrons. The van der Waals surface area contributed by atoms with Gasteiger partial charge in [0.25, 0.3) is 0 Å². The number of unbranched alkanes of at least 4 members (excludes halogenated alkanes) is 10. The Hall–Kier alpha value is -1.10. The van der Waals surface area contributed by atoms with E-state index in [1.807, 2.05) is 21.1 Å². The van der Waals surface area contributed by atoms with E-state index in [1.54, 1.807) is 0 Å². The fourth-order valence-electron chi connectivity index (χ4n) is 4.07. The Labute approximate surface area is 192 Å². The number of hydrogen-bond donors (Lipinski definition) is 0. The minimum Gasteiger partial charge on any atom is -0.550 e. The first-order valence-electron chi connectivity index (χ1n) is 12.8. The normalized spacial score (nSPS) is 13.7. The molecule has 2 unspecified atom stereocenters. The predicted octanol–water partition coefficient (Wildman–Crippen LogP) is 5.25. The van der Waals surface area contributed by atoms with Crippen molar-refractivity contribution in [2.75, 3.05) is 27.7 Å². The highest BCUT2D eigenvalue weighted by Crippen LogP contribution is 2.18. The van der Waals surface area contributed by atoms with Gasteiger partial charge in [-0.1, -0.05) is 97.3 Å². The number of likely N-dealkylation sites (N-methyl/N-ethyl adjacent to an activating group) is 1. The van der Waals surface area contributed by atoms with Crippen LogP contribution in [0.1, 0.15) is 117 Å². The molecule has 0 aliphatic heterocycles. The molecule has 5 nitrogen and oxygen atoms in total. The Bertz CT molecular complexity index is 459. The third-order valence-electron chi connectivity index (χ3n) is 5.82. The van der Waals surface area contributed by atoms with Crippen molar-refractivity contribution in [1.82, 2.24) is 0 Å². The average Bonchev–Trinajstić information content (AvgIpc) is 2.64. The molecule has 31 heavy (non-hydrogen) atoms. The van der Waals surface area contributed by atoms with Crippen LogP contribution in [0.3, 0.4) is 0 Å². The number of nitrogens with zero attached hydrogens (tertiary/aromatic N) is 1. The van der Waals surface area contributed by atoms with Gasteiger partial charge in [0.2, 0.25) is 0 Å². The van der Waals surface area contributed by atoms with E-state index >= 15 is 0 Å². The fraction of sp³-hybridized carbons (Fsp3) is 0.923.